The zero-order valence-corrected chi connectivity index (χ0v) is 11.7. The number of hydrogen-bond acceptors (Lipinski definition) is 3. The molecule has 0 unspecified atom stereocenters. The molecule has 0 aliphatic rings. The Balaban J connectivity index is 2.45. The molecule has 1 aromatic rings. The third-order valence-electron chi connectivity index (χ3n) is 2.49. The number of carbonyl (C=O) groups is 1. The Bertz CT molecular complexity index is 416. The molecule has 104 valence electrons. The number of rotatable bonds is 8. The predicted molar refractivity (Wildman–Crippen MR) is 77.5 cm³/mol. The summed E-state index contributed by atoms with van der Waals surface area (Å²) >= 11 is 0. The lowest BCUT2D eigenvalue weighted by molar-refractivity contribution is -0.121. The van der Waals surface area contributed by atoms with Crippen LogP contribution in [0.1, 0.15) is 45.1 Å². The van der Waals surface area contributed by atoms with E-state index < -0.39 is 0 Å². The number of unbranched alkanes of at least 4 members (excludes halogenated alkanes) is 1. The molecule has 0 saturated heterocycles. The maximum atomic E-state index is 11.4. The number of carbonyl (C=O) groups excluding carboxylic acids is 1. The summed E-state index contributed by atoms with van der Waals surface area (Å²) in [6.07, 6.45) is 5.03. The Morgan fingerprint density at radius 3 is 2.95 bits per heavy atom. The van der Waals surface area contributed by atoms with E-state index in [0.717, 1.165) is 30.6 Å². The second-order valence-corrected chi connectivity index (χ2v) is 4.32. The van der Waals surface area contributed by atoms with Crippen molar-refractivity contribution in [3.63, 3.8) is 0 Å². The van der Waals surface area contributed by atoms with Crippen LogP contribution in [0.2, 0.25) is 0 Å². The molecule has 19 heavy (non-hydrogen) atoms. The summed E-state index contributed by atoms with van der Waals surface area (Å²) in [7, 11) is 0. The van der Waals surface area contributed by atoms with Crippen LogP contribution in [0.4, 0.5) is 0 Å². The fraction of sp³-hybridized carbons (Fsp3) is 0.467. The summed E-state index contributed by atoms with van der Waals surface area (Å²) < 4.78 is 5.53. The van der Waals surface area contributed by atoms with E-state index in [0.29, 0.717) is 13.0 Å². The van der Waals surface area contributed by atoms with Crippen LogP contribution < -0.4 is 10.2 Å². The fourth-order valence-corrected chi connectivity index (χ4v) is 1.48. The van der Waals surface area contributed by atoms with Crippen molar-refractivity contribution in [3.05, 3.63) is 29.8 Å². The topological polar surface area (TPSA) is 50.7 Å². The number of hydrogen-bond donors (Lipinski definition) is 1. The van der Waals surface area contributed by atoms with E-state index in [1.807, 2.05) is 24.3 Å². The maximum Gasteiger partial charge on any atom is 0.240 e. The first kappa shape index (κ1) is 15.2. The molecular weight excluding hydrogens is 240 g/mol. The van der Waals surface area contributed by atoms with Crippen molar-refractivity contribution >= 4 is 12.1 Å². The Labute approximate surface area is 114 Å². The summed E-state index contributed by atoms with van der Waals surface area (Å²) in [5, 5.41) is 3.94. The quantitative estimate of drug-likeness (QED) is 0.578. The molecular formula is C15H22N2O2. The largest absolute Gasteiger partial charge is 0.494 e. The molecule has 4 heteroatoms. The smallest absolute Gasteiger partial charge is 0.240 e. The first-order valence-electron chi connectivity index (χ1n) is 6.81. The van der Waals surface area contributed by atoms with Crippen molar-refractivity contribution in [1.29, 1.82) is 0 Å². The molecule has 0 atom stereocenters. The van der Waals surface area contributed by atoms with Crippen LogP contribution in [0.25, 0.3) is 0 Å². The normalized spacial score (nSPS) is 10.6. The lowest BCUT2D eigenvalue weighted by atomic mass is 10.2. The molecule has 0 aliphatic carbocycles. The summed E-state index contributed by atoms with van der Waals surface area (Å²) in [4.78, 5) is 11.4. The zero-order chi connectivity index (χ0) is 13.9. The summed E-state index contributed by atoms with van der Waals surface area (Å²) in [5.74, 6) is 0.777. The van der Waals surface area contributed by atoms with E-state index in [4.69, 9.17) is 4.74 Å². The average Bonchev–Trinajstić information content (AvgIpc) is 2.43. The van der Waals surface area contributed by atoms with Crippen LogP contribution >= 0.6 is 0 Å². The van der Waals surface area contributed by atoms with Gasteiger partial charge in [-0.25, -0.2) is 5.43 Å². The van der Waals surface area contributed by atoms with Gasteiger partial charge in [-0.05, 0) is 30.5 Å². The second kappa shape index (κ2) is 9.14. The van der Waals surface area contributed by atoms with E-state index in [2.05, 4.69) is 24.4 Å². The highest BCUT2D eigenvalue weighted by atomic mass is 16.5. The fourth-order valence-electron chi connectivity index (χ4n) is 1.48. The van der Waals surface area contributed by atoms with Crippen molar-refractivity contribution in [1.82, 2.24) is 5.43 Å². The van der Waals surface area contributed by atoms with E-state index in [-0.39, 0.29) is 5.91 Å². The first-order chi connectivity index (χ1) is 9.26. The minimum absolute atomic E-state index is 0.0449. The minimum atomic E-state index is -0.0449. The number of hydrazone groups is 1. The maximum absolute atomic E-state index is 11.4. The Kier molecular flexibility index (Phi) is 7.32. The Hall–Kier alpha value is -1.84. The second-order valence-electron chi connectivity index (χ2n) is 4.32. The molecule has 0 aromatic heterocycles. The van der Waals surface area contributed by atoms with Gasteiger partial charge in [-0.2, -0.15) is 5.10 Å². The van der Waals surface area contributed by atoms with Crippen molar-refractivity contribution in [2.24, 2.45) is 5.10 Å². The van der Waals surface area contributed by atoms with Gasteiger partial charge in [-0.1, -0.05) is 32.4 Å². The summed E-state index contributed by atoms with van der Waals surface area (Å²) in [5.41, 5.74) is 3.43. The number of nitrogens with zero attached hydrogens (tertiary/aromatic N) is 1. The van der Waals surface area contributed by atoms with Gasteiger partial charge in [0.1, 0.15) is 5.75 Å². The lowest BCUT2D eigenvalue weighted by Gasteiger charge is -2.04. The molecule has 0 heterocycles. The van der Waals surface area contributed by atoms with Crippen LogP contribution in [0.5, 0.6) is 5.75 Å². The van der Waals surface area contributed by atoms with Gasteiger partial charge in [0.2, 0.25) is 5.91 Å². The molecule has 0 radical (unpaired) electrons. The van der Waals surface area contributed by atoms with Crippen molar-refractivity contribution in [2.75, 3.05) is 6.61 Å². The third-order valence-corrected chi connectivity index (χ3v) is 2.49. The van der Waals surface area contributed by atoms with Gasteiger partial charge >= 0.3 is 0 Å². The zero-order valence-electron chi connectivity index (χ0n) is 11.7. The number of nitrogens with one attached hydrogen (secondary N) is 1. The number of amides is 1. The van der Waals surface area contributed by atoms with Crippen LogP contribution in [0.15, 0.2) is 29.4 Å². The SMILES string of the molecule is CCCCC(=O)N/N=C/c1cccc(OCCC)c1. The molecule has 0 bridgehead atoms. The molecule has 0 aliphatic heterocycles. The van der Waals surface area contributed by atoms with Gasteiger partial charge in [0.25, 0.3) is 0 Å². The van der Waals surface area contributed by atoms with Gasteiger partial charge < -0.3 is 4.74 Å². The van der Waals surface area contributed by atoms with Gasteiger partial charge in [0, 0.05) is 6.42 Å². The highest BCUT2D eigenvalue weighted by Gasteiger charge is 1.97. The lowest BCUT2D eigenvalue weighted by Crippen LogP contribution is -2.16. The molecule has 1 rings (SSSR count). The first-order valence-corrected chi connectivity index (χ1v) is 6.81. The third kappa shape index (κ3) is 6.60. The van der Waals surface area contributed by atoms with Crippen LogP contribution in [-0.4, -0.2) is 18.7 Å². The molecule has 1 aromatic carbocycles. The van der Waals surface area contributed by atoms with Crippen LogP contribution in [0.3, 0.4) is 0 Å². The molecule has 0 fully saturated rings. The van der Waals surface area contributed by atoms with E-state index >= 15 is 0 Å². The monoisotopic (exact) mass is 262 g/mol. The van der Waals surface area contributed by atoms with Gasteiger partial charge in [-0.15, -0.1) is 0 Å². The molecule has 1 N–H and O–H groups in total. The van der Waals surface area contributed by atoms with Gasteiger partial charge in [-0.3, -0.25) is 4.79 Å². The van der Waals surface area contributed by atoms with Crippen molar-refractivity contribution < 1.29 is 9.53 Å². The number of ether oxygens (including phenoxy) is 1. The summed E-state index contributed by atoms with van der Waals surface area (Å²) in [6.45, 7) is 4.82. The predicted octanol–water partition coefficient (Wildman–Crippen LogP) is 3.12. The van der Waals surface area contributed by atoms with E-state index in [1.165, 1.54) is 0 Å². The Morgan fingerprint density at radius 2 is 2.21 bits per heavy atom. The van der Waals surface area contributed by atoms with Crippen molar-refractivity contribution in [2.45, 2.75) is 39.5 Å². The van der Waals surface area contributed by atoms with Crippen molar-refractivity contribution in [3.8, 4) is 5.75 Å². The standard InChI is InChI=1S/C15H22N2O2/c1-3-5-9-15(18)17-16-12-13-7-6-8-14(11-13)19-10-4-2/h6-8,11-12H,3-5,9-10H2,1-2H3,(H,17,18)/b16-12+. The van der Waals surface area contributed by atoms with E-state index in [1.54, 1.807) is 6.21 Å². The van der Waals surface area contributed by atoms with Gasteiger partial charge in [0.15, 0.2) is 0 Å². The molecule has 4 nitrogen and oxygen atoms in total. The van der Waals surface area contributed by atoms with Gasteiger partial charge in [0.05, 0.1) is 12.8 Å². The molecule has 0 saturated carbocycles. The Morgan fingerprint density at radius 1 is 1.37 bits per heavy atom. The summed E-state index contributed by atoms with van der Waals surface area (Å²) in [6, 6.07) is 7.63. The van der Waals surface area contributed by atoms with E-state index in [9.17, 15) is 4.79 Å². The number of benzene rings is 1. The highest BCUT2D eigenvalue weighted by molar-refractivity contribution is 5.82. The minimum Gasteiger partial charge on any atom is -0.494 e. The average molecular weight is 262 g/mol. The molecule has 0 spiro atoms. The highest BCUT2D eigenvalue weighted by Crippen LogP contribution is 2.12. The molecule has 1 amide bonds. The van der Waals surface area contributed by atoms with Crippen LogP contribution in [0, 0.1) is 0 Å². The van der Waals surface area contributed by atoms with Crippen LogP contribution in [-0.2, 0) is 4.79 Å².